The number of nitrogen functional groups attached to an aromatic ring is 1. The van der Waals surface area contributed by atoms with Gasteiger partial charge in [-0.25, -0.2) is 13.4 Å². The van der Waals surface area contributed by atoms with Gasteiger partial charge in [-0.3, -0.25) is 4.72 Å². The van der Waals surface area contributed by atoms with E-state index in [4.69, 9.17) is 5.73 Å². The lowest BCUT2D eigenvalue weighted by molar-refractivity contribution is 0.600. The molecule has 1 heterocycles. The molecule has 0 aliphatic rings. The van der Waals surface area contributed by atoms with Crippen molar-refractivity contribution in [3.8, 4) is 0 Å². The van der Waals surface area contributed by atoms with Gasteiger partial charge in [0.15, 0.2) is 0 Å². The predicted octanol–water partition coefficient (Wildman–Crippen LogP) is 2.84. The molecule has 1 aromatic heterocycles. The van der Waals surface area contributed by atoms with Gasteiger partial charge in [-0.05, 0) is 49.2 Å². The first-order chi connectivity index (χ1) is 9.29. The predicted molar refractivity (Wildman–Crippen MR) is 83.1 cm³/mol. The first-order valence-electron chi connectivity index (χ1n) is 5.81. The summed E-state index contributed by atoms with van der Waals surface area (Å²) in [7, 11) is -3.73. The van der Waals surface area contributed by atoms with E-state index in [0.29, 0.717) is 15.7 Å². The van der Waals surface area contributed by atoms with Crippen LogP contribution in [0.3, 0.4) is 0 Å². The number of sulfonamides is 1. The average Bonchev–Trinajstić information content (AvgIpc) is 2.33. The van der Waals surface area contributed by atoms with E-state index < -0.39 is 10.0 Å². The van der Waals surface area contributed by atoms with E-state index in [1.54, 1.807) is 31.3 Å². The smallest absolute Gasteiger partial charge is 0.263 e. The van der Waals surface area contributed by atoms with E-state index in [1.165, 1.54) is 6.07 Å². The minimum atomic E-state index is -3.73. The summed E-state index contributed by atoms with van der Waals surface area (Å²) in [4.78, 5) is 4.12. The zero-order valence-corrected chi connectivity index (χ0v) is 13.4. The maximum Gasteiger partial charge on any atom is 0.263 e. The largest absolute Gasteiger partial charge is 0.398 e. The number of nitrogens with zero attached hydrogens (tertiary/aromatic N) is 1. The molecule has 7 heteroatoms. The Morgan fingerprint density at radius 3 is 2.60 bits per heavy atom. The highest BCUT2D eigenvalue weighted by atomic mass is 79.9. The molecule has 0 bridgehead atoms. The van der Waals surface area contributed by atoms with Crippen molar-refractivity contribution in [3.63, 3.8) is 0 Å². The standard InChI is InChI=1S/C13H14BrN3O2S/c1-8-3-4-16-13(5-8)17-20(18,19)12-7-10(14)6-11(15)9(12)2/h3-7H,15H2,1-2H3,(H,16,17). The average molecular weight is 356 g/mol. The van der Waals surface area contributed by atoms with Gasteiger partial charge in [-0.15, -0.1) is 0 Å². The number of hydrogen-bond donors (Lipinski definition) is 2. The van der Waals surface area contributed by atoms with Crippen molar-refractivity contribution >= 4 is 37.5 Å². The summed E-state index contributed by atoms with van der Waals surface area (Å²) < 4.78 is 27.9. The van der Waals surface area contributed by atoms with Crippen molar-refractivity contribution in [1.82, 2.24) is 4.98 Å². The van der Waals surface area contributed by atoms with E-state index in [9.17, 15) is 8.42 Å². The quantitative estimate of drug-likeness (QED) is 0.829. The topological polar surface area (TPSA) is 85.1 Å². The number of aromatic nitrogens is 1. The molecule has 0 aliphatic carbocycles. The summed E-state index contributed by atoms with van der Waals surface area (Å²) in [6, 6.07) is 6.64. The van der Waals surface area contributed by atoms with Crippen molar-refractivity contribution in [3.05, 3.63) is 46.1 Å². The fraction of sp³-hybridized carbons (Fsp3) is 0.154. The molecule has 0 aliphatic heterocycles. The number of anilines is 2. The number of nitrogens with two attached hydrogens (primary N) is 1. The van der Waals surface area contributed by atoms with Gasteiger partial charge in [0, 0.05) is 16.4 Å². The molecule has 0 saturated carbocycles. The fourth-order valence-electron chi connectivity index (χ4n) is 1.74. The molecule has 1 aromatic carbocycles. The second-order valence-electron chi connectivity index (χ2n) is 4.44. The highest BCUT2D eigenvalue weighted by Crippen LogP contribution is 2.27. The van der Waals surface area contributed by atoms with Gasteiger partial charge < -0.3 is 5.73 Å². The summed E-state index contributed by atoms with van der Waals surface area (Å²) >= 11 is 3.25. The van der Waals surface area contributed by atoms with E-state index in [2.05, 4.69) is 25.6 Å². The van der Waals surface area contributed by atoms with E-state index >= 15 is 0 Å². The number of hydrogen-bond acceptors (Lipinski definition) is 4. The molecule has 0 atom stereocenters. The van der Waals surface area contributed by atoms with Crippen LogP contribution in [0.4, 0.5) is 11.5 Å². The van der Waals surface area contributed by atoms with Crippen LogP contribution < -0.4 is 10.5 Å². The number of halogens is 1. The van der Waals surface area contributed by atoms with Crippen molar-refractivity contribution in [2.45, 2.75) is 18.7 Å². The van der Waals surface area contributed by atoms with Crippen LogP contribution >= 0.6 is 15.9 Å². The number of benzene rings is 1. The number of aryl methyl sites for hydroxylation is 1. The molecular weight excluding hydrogens is 342 g/mol. The Hall–Kier alpha value is -1.60. The maximum atomic E-state index is 12.4. The van der Waals surface area contributed by atoms with Crippen LogP contribution in [-0.4, -0.2) is 13.4 Å². The van der Waals surface area contributed by atoms with Gasteiger partial charge in [0.25, 0.3) is 10.0 Å². The molecule has 0 amide bonds. The van der Waals surface area contributed by atoms with Gasteiger partial charge in [-0.2, -0.15) is 0 Å². The second kappa shape index (κ2) is 5.41. The summed E-state index contributed by atoms with van der Waals surface area (Å²) in [6.45, 7) is 3.53. The Bertz CT molecular complexity index is 760. The summed E-state index contributed by atoms with van der Waals surface area (Å²) in [5, 5.41) is 0. The van der Waals surface area contributed by atoms with Gasteiger partial charge >= 0.3 is 0 Å². The molecule has 20 heavy (non-hydrogen) atoms. The number of nitrogens with one attached hydrogen (secondary N) is 1. The van der Waals surface area contributed by atoms with Crippen molar-refractivity contribution < 1.29 is 8.42 Å². The van der Waals surface area contributed by atoms with Crippen molar-refractivity contribution in [2.75, 3.05) is 10.5 Å². The van der Waals surface area contributed by atoms with Crippen LogP contribution in [0, 0.1) is 13.8 Å². The number of pyridine rings is 1. The first kappa shape index (κ1) is 14.8. The van der Waals surface area contributed by atoms with Crippen LogP contribution in [0.15, 0.2) is 39.8 Å². The van der Waals surface area contributed by atoms with E-state index in [-0.39, 0.29) is 10.7 Å². The Morgan fingerprint density at radius 1 is 1.25 bits per heavy atom. The molecule has 0 unspecified atom stereocenters. The Labute approximate surface area is 126 Å². The van der Waals surface area contributed by atoms with E-state index in [1.807, 2.05) is 6.92 Å². The normalized spacial score (nSPS) is 11.3. The van der Waals surface area contributed by atoms with Crippen molar-refractivity contribution in [1.29, 1.82) is 0 Å². The van der Waals surface area contributed by atoms with Gasteiger partial charge in [0.2, 0.25) is 0 Å². The zero-order chi connectivity index (χ0) is 14.9. The molecule has 5 nitrogen and oxygen atoms in total. The minimum Gasteiger partial charge on any atom is -0.398 e. The van der Waals surface area contributed by atoms with Crippen LogP contribution in [0.2, 0.25) is 0 Å². The van der Waals surface area contributed by atoms with Gasteiger partial charge in [-0.1, -0.05) is 15.9 Å². The van der Waals surface area contributed by atoms with Crippen LogP contribution in [0.5, 0.6) is 0 Å². The van der Waals surface area contributed by atoms with Crippen molar-refractivity contribution in [2.24, 2.45) is 0 Å². The lowest BCUT2D eigenvalue weighted by Gasteiger charge is -2.12. The summed E-state index contributed by atoms with van der Waals surface area (Å²) in [6.07, 6.45) is 1.55. The molecule has 106 valence electrons. The molecule has 0 radical (unpaired) electrons. The zero-order valence-electron chi connectivity index (χ0n) is 11.0. The molecule has 0 spiro atoms. The fourth-order valence-corrected chi connectivity index (χ4v) is 3.67. The minimum absolute atomic E-state index is 0.132. The Kier molecular flexibility index (Phi) is 4.01. The molecule has 0 saturated heterocycles. The highest BCUT2D eigenvalue weighted by Gasteiger charge is 2.19. The lowest BCUT2D eigenvalue weighted by atomic mass is 10.2. The first-order valence-corrected chi connectivity index (χ1v) is 8.08. The third kappa shape index (κ3) is 3.10. The highest BCUT2D eigenvalue weighted by molar-refractivity contribution is 9.10. The van der Waals surface area contributed by atoms with E-state index in [0.717, 1.165) is 5.56 Å². The third-order valence-electron chi connectivity index (χ3n) is 2.81. The Morgan fingerprint density at radius 2 is 1.95 bits per heavy atom. The lowest BCUT2D eigenvalue weighted by Crippen LogP contribution is -2.16. The van der Waals surface area contributed by atoms with Crippen LogP contribution in [-0.2, 0) is 10.0 Å². The van der Waals surface area contributed by atoms with Crippen LogP contribution in [0.1, 0.15) is 11.1 Å². The molecule has 3 N–H and O–H groups in total. The maximum absolute atomic E-state index is 12.4. The SMILES string of the molecule is Cc1ccnc(NS(=O)(=O)c2cc(Br)cc(N)c2C)c1. The van der Waals surface area contributed by atoms with Crippen LogP contribution in [0.25, 0.3) is 0 Å². The second-order valence-corrected chi connectivity index (χ2v) is 7.01. The Balaban J connectivity index is 2.46. The molecule has 0 fully saturated rings. The molecular formula is C13H14BrN3O2S. The molecule has 2 aromatic rings. The van der Waals surface area contributed by atoms with Gasteiger partial charge in [0.05, 0.1) is 4.90 Å². The van der Waals surface area contributed by atoms with Gasteiger partial charge in [0.1, 0.15) is 5.82 Å². The molecule has 2 rings (SSSR count). The summed E-state index contributed by atoms with van der Waals surface area (Å²) in [5.74, 6) is 0.281. The number of rotatable bonds is 3. The third-order valence-corrected chi connectivity index (χ3v) is 4.75. The monoisotopic (exact) mass is 355 g/mol. The summed E-state index contributed by atoms with van der Waals surface area (Å²) in [5.41, 5.74) is 7.64.